The Labute approximate surface area is 265 Å². The molecule has 13 heteroatoms. The topological polar surface area (TPSA) is 129 Å². The van der Waals surface area contributed by atoms with Gasteiger partial charge in [0.25, 0.3) is 0 Å². The molecule has 10 nitrogen and oxygen atoms in total. The predicted octanol–water partition coefficient (Wildman–Crippen LogP) is 5.90. The van der Waals surface area contributed by atoms with E-state index >= 15 is 0 Å². The van der Waals surface area contributed by atoms with Gasteiger partial charge in [0, 0.05) is 5.92 Å². The number of hydrogen-bond acceptors (Lipinski definition) is 8. The summed E-state index contributed by atoms with van der Waals surface area (Å²) < 4.78 is 19.1. The smallest absolute Gasteiger partial charge is 0.408 e. The third kappa shape index (κ3) is 10.2. The minimum Gasteiger partial charge on any atom is -0.461 e. The summed E-state index contributed by atoms with van der Waals surface area (Å²) in [6.45, 7) is 7.11. The number of amides is 2. The van der Waals surface area contributed by atoms with Gasteiger partial charge in [0.05, 0.1) is 0 Å². The molecule has 2 aromatic rings. The van der Waals surface area contributed by atoms with E-state index < -0.39 is 64.7 Å². The number of ether oxygens (including phenoxy) is 4. The lowest BCUT2D eigenvalue weighted by Crippen LogP contribution is -2.50. The van der Waals surface area contributed by atoms with Crippen molar-refractivity contribution in [3.05, 3.63) is 59.7 Å². The maximum absolute atomic E-state index is 12.9. The number of benzene rings is 2. The lowest BCUT2D eigenvalue weighted by atomic mass is 9.98. The number of alkyl carbamates (subject to hydrolysis) is 2. The molecule has 2 N–H and O–H groups in total. The number of fused-ring (bicyclic) bond motifs is 3. The first-order valence-corrected chi connectivity index (χ1v) is 14.7. The van der Waals surface area contributed by atoms with Crippen LogP contribution < -0.4 is 10.6 Å². The normalized spacial score (nSPS) is 14.2. The number of hydrogen-bond donors (Lipinski definition) is 2. The Morgan fingerprint density at radius 2 is 1.35 bits per heavy atom. The first-order valence-electron chi connectivity index (χ1n) is 13.6. The summed E-state index contributed by atoms with van der Waals surface area (Å²) in [5.41, 5.74) is 3.31. The second-order valence-electron chi connectivity index (χ2n) is 11.2. The number of carbonyl (C=O) groups excluding carboxylic acids is 4. The van der Waals surface area contributed by atoms with E-state index in [9.17, 15) is 19.2 Å². The van der Waals surface area contributed by atoms with Crippen molar-refractivity contribution >= 4 is 58.9 Å². The van der Waals surface area contributed by atoms with Crippen LogP contribution in [0, 0.1) is 5.92 Å². The quantitative estimate of drug-likeness (QED) is 0.184. The summed E-state index contributed by atoms with van der Waals surface area (Å²) >= 11 is 17.1. The number of rotatable bonds is 10. The van der Waals surface area contributed by atoms with E-state index in [-0.39, 0.29) is 12.5 Å². The lowest BCUT2D eigenvalue weighted by molar-refractivity contribution is -0.153. The monoisotopic (exact) mass is 656 g/mol. The van der Waals surface area contributed by atoms with Crippen LogP contribution >= 0.6 is 34.8 Å². The standard InChI is InChI=1S/C30H35Cl3N2O8/c1-17(2)24(35-28(39)43-29(3,4)5)26(37)40-15-23(25(36)42-16-30(31,32)33)34-27(38)41-14-22-20-12-8-6-10-18(20)19-11-7-9-13-21(19)22/h6-13,17,22-24H,14-16H2,1-5H3,(H,34,38)(H,35,39)/t23-,24+/m1/s1. The highest BCUT2D eigenvalue weighted by atomic mass is 35.6. The zero-order valence-electron chi connectivity index (χ0n) is 24.4. The molecule has 2 atom stereocenters. The van der Waals surface area contributed by atoms with Gasteiger partial charge in [-0.1, -0.05) is 97.2 Å². The van der Waals surface area contributed by atoms with E-state index in [0.29, 0.717) is 0 Å². The molecule has 0 saturated heterocycles. The Balaban J connectivity index is 1.67. The molecule has 1 aliphatic rings. The molecule has 234 valence electrons. The number of carbonyl (C=O) groups is 4. The summed E-state index contributed by atoms with van der Waals surface area (Å²) in [5.74, 6) is -2.52. The van der Waals surface area contributed by atoms with Gasteiger partial charge in [0.1, 0.15) is 31.5 Å². The van der Waals surface area contributed by atoms with Crippen molar-refractivity contribution in [2.24, 2.45) is 5.92 Å². The molecule has 0 aliphatic heterocycles. The van der Waals surface area contributed by atoms with Crippen molar-refractivity contribution in [3.63, 3.8) is 0 Å². The molecular weight excluding hydrogens is 623 g/mol. The van der Waals surface area contributed by atoms with Crippen LogP contribution in [0.4, 0.5) is 9.59 Å². The number of esters is 2. The molecule has 0 saturated carbocycles. The highest BCUT2D eigenvalue weighted by Crippen LogP contribution is 2.44. The van der Waals surface area contributed by atoms with Gasteiger partial charge in [-0.05, 0) is 48.9 Å². The Morgan fingerprint density at radius 3 is 1.86 bits per heavy atom. The Morgan fingerprint density at radius 1 is 0.791 bits per heavy atom. The van der Waals surface area contributed by atoms with Crippen LogP contribution in [0.1, 0.15) is 51.7 Å². The van der Waals surface area contributed by atoms with Gasteiger partial charge in [-0.25, -0.2) is 19.2 Å². The molecule has 1 aliphatic carbocycles. The van der Waals surface area contributed by atoms with Gasteiger partial charge >= 0.3 is 24.1 Å². The SMILES string of the molecule is CC(C)[C@H](NC(=O)OC(C)(C)C)C(=O)OC[C@@H](NC(=O)OCC1c2ccccc2-c2ccccc21)C(=O)OCC(Cl)(Cl)Cl. The minimum absolute atomic E-state index is 0.0230. The van der Waals surface area contributed by atoms with Crippen molar-refractivity contribution in [2.45, 2.75) is 62.0 Å². The van der Waals surface area contributed by atoms with Crippen molar-refractivity contribution in [3.8, 4) is 11.1 Å². The molecule has 0 heterocycles. The van der Waals surface area contributed by atoms with Gasteiger partial charge in [0.2, 0.25) is 3.79 Å². The average molecular weight is 658 g/mol. The van der Waals surface area contributed by atoms with Gasteiger partial charge in [0.15, 0.2) is 6.04 Å². The second-order valence-corrected chi connectivity index (χ2v) is 13.8. The van der Waals surface area contributed by atoms with E-state index in [1.807, 2.05) is 48.5 Å². The van der Waals surface area contributed by atoms with Crippen LogP contribution in [-0.2, 0) is 28.5 Å². The summed E-state index contributed by atoms with van der Waals surface area (Å²) in [6, 6.07) is 13.0. The average Bonchev–Trinajstić information content (AvgIpc) is 3.23. The first kappa shape index (κ1) is 34.3. The number of halogens is 3. The Kier molecular flexibility index (Phi) is 11.6. The second kappa shape index (κ2) is 14.5. The molecular formula is C30H35Cl3N2O8. The fourth-order valence-electron chi connectivity index (χ4n) is 4.39. The molecule has 43 heavy (non-hydrogen) atoms. The van der Waals surface area contributed by atoms with Crippen LogP contribution in [0.5, 0.6) is 0 Å². The van der Waals surface area contributed by atoms with Crippen LogP contribution in [0.3, 0.4) is 0 Å². The highest BCUT2D eigenvalue weighted by molar-refractivity contribution is 6.67. The van der Waals surface area contributed by atoms with Crippen LogP contribution in [0.15, 0.2) is 48.5 Å². The van der Waals surface area contributed by atoms with E-state index in [4.69, 9.17) is 53.8 Å². The summed E-state index contributed by atoms with van der Waals surface area (Å²) in [4.78, 5) is 50.8. The van der Waals surface area contributed by atoms with Gasteiger partial charge in [-0.2, -0.15) is 0 Å². The largest absolute Gasteiger partial charge is 0.461 e. The molecule has 0 radical (unpaired) electrons. The zero-order chi connectivity index (χ0) is 31.9. The Bertz CT molecular complexity index is 1280. The minimum atomic E-state index is -1.92. The van der Waals surface area contributed by atoms with Crippen LogP contribution in [-0.4, -0.2) is 65.4 Å². The zero-order valence-corrected chi connectivity index (χ0v) is 26.7. The molecule has 0 unspecified atom stereocenters. The van der Waals surface area contributed by atoms with Crippen molar-refractivity contribution in [1.29, 1.82) is 0 Å². The molecule has 0 fully saturated rings. The number of alkyl halides is 3. The molecule has 0 spiro atoms. The maximum Gasteiger partial charge on any atom is 0.408 e. The molecule has 0 bridgehead atoms. The third-order valence-electron chi connectivity index (χ3n) is 6.28. The third-order valence-corrected chi connectivity index (χ3v) is 6.61. The number of nitrogens with one attached hydrogen (secondary N) is 2. The van der Waals surface area contributed by atoms with Gasteiger partial charge in [-0.3, -0.25) is 0 Å². The maximum atomic E-state index is 12.9. The molecule has 2 aromatic carbocycles. The van der Waals surface area contributed by atoms with E-state index in [0.717, 1.165) is 22.3 Å². The molecule has 2 amide bonds. The summed E-state index contributed by atoms with van der Waals surface area (Å²) in [5, 5.41) is 4.83. The van der Waals surface area contributed by atoms with E-state index in [1.165, 1.54) is 0 Å². The van der Waals surface area contributed by atoms with Gasteiger partial charge in [-0.15, -0.1) is 0 Å². The molecule has 0 aromatic heterocycles. The van der Waals surface area contributed by atoms with Crippen molar-refractivity contribution < 1.29 is 38.1 Å². The fourth-order valence-corrected chi connectivity index (χ4v) is 4.56. The van der Waals surface area contributed by atoms with Crippen LogP contribution in [0.2, 0.25) is 0 Å². The first-order chi connectivity index (χ1) is 20.1. The summed E-state index contributed by atoms with van der Waals surface area (Å²) in [6.07, 6.45) is -1.78. The summed E-state index contributed by atoms with van der Waals surface area (Å²) in [7, 11) is 0. The van der Waals surface area contributed by atoms with Crippen molar-refractivity contribution in [1.82, 2.24) is 10.6 Å². The molecule has 3 rings (SSSR count). The highest BCUT2D eigenvalue weighted by Gasteiger charge is 2.33. The van der Waals surface area contributed by atoms with Gasteiger partial charge < -0.3 is 29.6 Å². The fraction of sp³-hybridized carbons (Fsp3) is 0.467. The van der Waals surface area contributed by atoms with Crippen LogP contribution in [0.25, 0.3) is 11.1 Å². The predicted molar refractivity (Wildman–Crippen MR) is 162 cm³/mol. The van der Waals surface area contributed by atoms with E-state index in [1.54, 1.807) is 34.6 Å². The van der Waals surface area contributed by atoms with E-state index in [2.05, 4.69) is 10.6 Å². The lowest BCUT2D eigenvalue weighted by Gasteiger charge is -2.25. The Hall–Kier alpha value is -3.21. The van der Waals surface area contributed by atoms with Crippen molar-refractivity contribution in [2.75, 3.05) is 19.8 Å².